The van der Waals surface area contributed by atoms with Crippen LogP contribution in [0.5, 0.6) is 0 Å². The molecule has 0 unspecified atom stereocenters. The second-order valence-electron chi connectivity index (χ2n) is 5.11. The van der Waals surface area contributed by atoms with Crippen molar-refractivity contribution in [3.05, 3.63) is 22.1 Å². The molecular weight excluding hydrogens is 336 g/mol. The third-order valence-corrected chi connectivity index (χ3v) is 4.84. The van der Waals surface area contributed by atoms with E-state index in [-0.39, 0.29) is 31.3 Å². The van der Waals surface area contributed by atoms with Gasteiger partial charge in [0.25, 0.3) is 0 Å². The Balaban J connectivity index is 1.87. The van der Waals surface area contributed by atoms with Gasteiger partial charge in [0, 0.05) is 16.5 Å². The molecule has 0 aliphatic carbocycles. The summed E-state index contributed by atoms with van der Waals surface area (Å²) in [4.78, 5) is 32.8. The molecule has 2 aromatic rings. The van der Waals surface area contributed by atoms with Crippen molar-refractivity contribution in [1.29, 1.82) is 0 Å². The number of carbonyl (C=O) groups is 2. The molecule has 23 heavy (non-hydrogen) atoms. The second-order valence-corrected chi connectivity index (χ2v) is 7.03. The zero-order chi connectivity index (χ0) is 16.8. The van der Waals surface area contributed by atoms with Crippen LogP contribution >= 0.6 is 22.7 Å². The number of hydrogen-bond acceptors (Lipinski definition) is 7. The molecule has 124 valence electrons. The Bertz CT molecular complexity index is 681. The molecule has 0 atom stereocenters. The van der Waals surface area contributed by atoms with Crippen LogP contribution in [0.15, 0.2) is 11.6 Å². The SMILES string of the molecule is CC(C)c1cnc(NC(=O)Cc2csc(NC(=O)CCO)n2)s1. The first-order chi connectivity index (χ1) is 11.0. The highest BCUT2D eigenvalue weighted by molar-refractivity contribution is 7.15. The molecule has 0 spiro atoms. The third kappa shape index (κ3) is 5.38. The predicted molar refractivity (Wildman–Crippen MR) is 91.0 cm³/mol. The lowest BCUT2D eigenvalue weighted by Crippen LogP contribution is -2.15. The Labute approximate surface area is 141 Å². The Morgan fingerprint density at radius 3 is 2.65 bits per heavy atom. The first-order valence-electron chi connectivity index (χ1n) is 7.08. The summed E-state index contributed by atoms with van der Waals surface area (Å²) in [7, 11) is 0. The summed E-state index contributed by atoms with van der Waals surface area (Å²) >= 11 is 2.70. The van der Waals surface area contributed by atoms with E-state index in [4.69, 9.17) is 5.11 Å². The number of anilines is 2. The minimum absolute atomic E-state index is 0.0254. The average molecular weight is 354 g/mol. The number of aliphatic hydroxyl groups is 1. The van der Waals surface area contributed by atoms with E-state index in [1.807, 2.05) is 0 Å². The van der Waals surface area contributed by atoms with Crippen LogP contribution in [0.2, 0.25) is 0 Å². The Hall–Kier alpha value is -1.84. The van der Waals surface area contributed by atoms with Crippen molar-refractivity contribution in [3.8, 4) is 0 Å². The maximum absolute atomic E-state index is 12.0. The van der Waals surface area contributed by atoms with Crippen LogP contribution in [-0.4, -0.2) is 33.5 Å². The molecule has 0 bridgehead atoms. The van der Waals surface area contributed by atoms with Crippen molar-refractivity contribution in [2.45, 2.75) is 32.6 Å². The molecule has 2 rings (SSSR count). The number of nitrogens with one attached hydrogen (secondary N) is 2. The number of aliphatic hydroxyl groups excluding tert-OH is 1. The summed E-state index contributed by atoms with van der Waals surface area (Å²) in [6.45, 7) is 3.93. The van der Waals surface area contributed by atoms with E-state index in [2.05, 4.69) is 34.4 Å². The van der Waals surface area contributed by atoms with Crippen molar-refractivity contribution in [2.24, 2.45) is 0 Å². The van der Waals surface area contributed by atoms with Gasteiger partial charge in [0.15, 0.2) is 10.3 Å². The number of nitrogens with zero attached hydrogens (tertiary/aromatic N) is 2. The summed E-state index contributed by atoms with van der Waals surface area (Å²) in [5.74, 6) is -0.128. The van der Waals surface area contributed by atoms with Crippen LogP contribution in [0.4, 0.5) is 10.3 Å². The summed E-state index contributed by atoms with van der Waals surface area (Å²) in [5, 5.41) is 16.7. The molecule has 0 saturated carbocycles. The van der Waals surface area contributed by atoms with E-state index in [0.717, 1.165) is 4.88 Å². The molecule has 3 N–H and O–H groups in total. The maximum atomic E-state index is 12.0. The molecule has 0 saturated heterocycles. The van der Waals surface area contributed by atoms with Crippen LogP contribution in [0.25, 0.3) is 0 Å². The van der Waals surface area contributed by atoms with E-state index in [1.54, 1.807) is 11.6 Å². The van der Waals surface area contributed by atoms with Crippen molar-refractivity contribution in [3.63, 3.8) is 0 Å². The second kappa shape index (κ2) is 8.14. The standard InChI is InChI=1S/C14H18N4O3S2/c1-8(2)10-6-15-13(23-10)18-12(21)5-9-7-22-14(16-9)17-11(20)3-4-19/h6-8,19H,3-5H2,1-2H3,(H,15,18,21)(H,16,17,20). The highest BCUT2D eigenvalue weighted by Gasteiger charge is 2.12. The van der Waals surface area contributed by atoms with Gasteiger partial charge in [-0.05, 0) is 5.92 Å². The highest BCUT2D eigenvalue weighted by atomic mass is 32.1. The van der Waals surface area contributed by atoms with Crippen LogP contribution in [0.3, 0.4) is 0 Å². The van der Waals surface area contributed by atoms with Gasteiger partial charge in [-0.15, -0.1) is 22.7 Å². The minimum Gasteiger partial charge on any atom is -0.396 e. The third-order valence-electron chi connectivity index (χ3n) is 2.82. The summed E-state index contributed by atoms with van der Waals surface area (Å²) in [6, 6.07) is 0. The normalized spacial score (nSPS) is 10.8. The molecule has 0 aliphatic rings. The molecule has 0 radical (unpaired) electrons. The first kappa shape index (κ1) is 17.5. The van der Waals surface area contributed by atoms with Gasteiger partial charge >= 0.3 is 0 Å². The average Bonchev–Trinajstić information content (AvgIpc) is 3.09. The molecule has 2 heterocycles. The molecule has 0 fully saturated rings. The van der Waals surface area contributed by atoms with Crippen LogP contribution in [0, 0.1) is 0 Å². The fraction of sp³-hybridized carbons (Fsp3) is 0.429. The molecule has 0 aliphatic heterocycles. The van der Waals surface area contributed by atoms with Crippen molar-refractivity contribution in [1.82, 2.24) is 9.97 Å². The van der Waals surface area contributed by atoms with Gasteiger partial charge in [-0.1, -0.05) is 13.8 Å². The lowest BCUT2D eigenvalue weighted by Gasteiger charge is -2.00. The molecule has 7 nitrogen and oxygen atoms in total. The van der Waals surface area contributed by atoms with Crippen LogP contribution < -0.4 is 10.6 Å². The number of rotatable bonds is 7. The van der Waals surface area contributed by atoms with Crippen molar-refractivity contribution >= 4 is 44.8 Å². The smallest absolute Gasteiger partial charge is 0.232 e. The maximum Gasteiger partial charge on any atom is 0.232 e. The van der Waals surface area contributed by atoms with Gasteiger partial charge in [0.1, 0.15) is 0 Å². The Morgan fingerprint density at radius 1 is 1.26 bits per heavy atom. The molecular formula is C14H18N4O3S2. The lowest BCUT2D eigenvalue weighted by molar-refractivity contribution is -0.117. The van der Waals surface area contributed by atoms with Crippen LogP contribution in [0.1, 0.15) is 36.8 Å². The number of aromatic nitrogens is 2. The van der Waals surface area contributed by atoms with Crippen molar-refractivity contribution in [2.75, 3.05) is 17.2 Å². The van der Waals surface area contributed by atoms with Gasteiger partial charge < -0.3 is 15.7 Å². The number of thiazole rings is 2. The monoisotopic (exact) mass is 354 g/mol. The van der Waals surface area contributed by atoms with Crippen LogP contribution in [-0.2, 0) is 16.0 Å². The van der Waals surface area contributed by atoms with Crippen molar-refractivity contribution < 1.29 is 14.7 Å². The fourth-order valence-electron chi connectivity index (χ4n) is 1.67. The lowest BCUT2D eigenvalue weighted by atomic mass is 10.2. The number of amides is 2. The molecule has 9 heteroatoms. The molecule has 2 amide bonds. The van der Waals surface area contributed by atoms with E-state index >= 15 is 0 Å². The van der Waals surface area contributed by atoms with Gasteiger partial charge in [-0.3, -0.25) is 9.59 Å². The quantitative estimate of drug-likeness (QED) is 0.707. The molecule has 2 aromatic heterocycles. The zero-order valence-electron chi connectivity index (χ0n) is 12.8. The highest BCUT2D eigenvalue weighted by Crippen LogP contribution is 2.25. The summed E-state index contributed by atoms with van der Waals surface area (Å²) < 4.78 is 0. The summed E-state index contributed by atoms with van der Waals surface area (Å²) in [6.07, 6.45) is 1.91. The number of hydrogen-bond donors (Lipinski definition) is 3. The number of carbonyl (C=O) groups excluding carboxylic acids is 2. The topological polar surface area (TPSA) is 104 Å². The Morgan fingerprint density at radius 2 is 2.00 bits per heavy atom. The van der Waals surface area contributed by atoms with E-state index < -0.39 is 0 Å². The van der Waals surface area contributed by atoms with E-state index in [9.17, 15) is 9.59 Å². The summed E-state index contributed by atoms with van der Waals surface area (Å²) in [5.41, 5.74) is 0.576. The van der Waals surface area contributed by atoms with E-state index in [1.165, 1.54) is 22.7 Å². The van der Waals surface area contributed by atoms with Gasteiger partial charge in [0.2, 0.25) is 11.8 Å². The van der Waals surface area contributed by atoms with Gasteiger partial charge in [-0.25, -0.2) is 9.97 Å². The fourth-order valence-corrected chi connectivity index (χ4v) is 3.23. The van der Waals surface area contributed by atoms with Gasteiger partial charge in [-0.2, -0.15) is 0 Å². The van der Waals surface area contributed by atoms with Gasteiger partial charge in [0.05, 0.1) is 25.1 Å². The predicted octanol–water partition coefficient (Wildman–Crippen LogP) is 2.23. The zero-order valence-corrected chi connectivity index (χ0v) is 14.5. The first-order valence-corrected chi connectivity index (χ1v) is 8.78. The van der Waals surface area contributed by atoms with E-state index in [0.29, 0.717) is 21.9 Å². The minimum atomic E-state index is -0.304. The molecule has 0 aromatic carbocycles. The largest absolute Gasteiger partial charge is 0.396 e. The Kier molecular flexibility index (Phi) is 6.20.